The van der Waals surface area contributed by atoms with Crippen LogP contribution in [-0.4, -0.2) is 39.2 Å². The van der Waals surface area contributed by atoms with Crippen LogP contribution >= 0.6 is 0 Å². The Morgan fingerprint density at radius 1 is 1.43 bits per heavy atom. The van der Waals surface area contributed by atoms with Crippen molar-refractivity contribution in [2.24, 2.45) is 23.5 Å². The standard InChI is InChI=1S/C22H38N4O2/c1-4-17(15(2)3)11-21(27)20(10-16-8-6-5-7-9-16)26-22(28)19(23)12-18-13-24-14-25-18/h4,13-17,19-21,27H,1,5-12,23H2,2-3H3,(H,24,25)(H,26,28)/t17-,19?,20-,21-/m0/s1. The van der Waals surface area contributed by atoms with Gasteiger partial charge in [0.1, 0.15) is 0 Å². The van der Waals surface area contributed by atoms with Gasteiger partial charge in [0, 0.05) is 12.6 Å². The molecule has 5 N–H and O–H groups in total. The Morgan fingerprint density at radius 2 is 2.14 bits per heavy atom. The number of nitrogens with one attached hydrogen (secondary N) is 2. The zero-order chi connectivity index (χ0) is 20.5. The molecule has 1 aliphatic carbocycles. The average Bonchev–Trinajstić information content (AvgIpc) is 3.18. The van der Waals surface area contributed by atoms with Gasteiger partial charge >= 0.3 is 0 Å². The van der Waals surface area contributed by atoms with Crippen LogP contribution in [-0.2, 0) is 11.2 Å². The number of amides is 1. The number of nitrogens with two attached hydrogens (primary N) is 1. The second-order valence-corrected chi connectivity index (χ2v) is 8.67. The lowest BCUT2D eigenvalue weighted by atomic mass is 9.81. The van der Waals surface area contributed by atoms with E-state index in [0.29, 0.717) is 24.7 Å². The fraction of sp³-hybridized carbons (Fsp3) is 0.727. The Bertz CT molecular complexity index is 581. The van der Waals surface area contributed by atoms with Gasteiger partial charge in [0.05, 0.1) is 30.2 Å². The quantitative estimate of drug-likeness (QED) is 0.436. The lowest BCUT2D eigenvalue weighted by Gasteiger charge is -2.32. The maximum Gasteiger partial charge on any atom is 0.237 e. The predicted octanol–water partition coefficient (Wildman–Crippen LogP) is 2.94. The van der Waals surface area contributed by atoms with Gasteiger partial charge in [0.2, 0.25) is 5.91 Å². The van der Waals surface area contributed by atoms with Crippen LogP contribution in [0.4, 0.5) is 0 Å². The monoisotopic (exact) mass is 390 g/mol. The van der Waals surface area contributed by atoms with E-state index in [1.54, 1.807) is 12.5 Å². The van der Waals surface area contributed by atoms with Crippen LogP contribution in [0.25, 0.3) is 0 Å². The molecule has 158 valence electrons. The number of H-pyrrole nitrogens is 1. The molecular weight excluding hydrogens is 352 g/mol. The van der Waals surface area contributed by atoms with Crippen molar-refractivity contribution in [3.05, 3.63) is 30.9 Å². The van der Waals surface area contributed by atoms with E-state index in [1.807, 2.05) is 6.08 Å². The summed E-state index contributed by atoms with van der Waals surface area (Å²) >= 11 is 0. The van der Waals surface area contributed by atoms with Gasteiger partial charge in [-0.2, -0.15) is 0 Å². The third kappa shape index (κ3) is 7.06. The molecule has 28 heavy (non-hydrogen) atoms. The number of aromatic amines is 1. The summed E-state index contributed by atoms with van der Waals surface area (Å²) in [5.74, 6) is 0.957. The number of allylic oxidation sites excluding steroid dienone is 1. The van der Waals surface area contributed by atoms with E-state index >= 15 is 0 Å². The summed E-state index contributed by atoms with van der Waals surface area (Å²) in [4.78, 5) is 19.7. The van der Waals surface area contributed by atoms with Crippen LogP contribution in [0.5, 0.6) is 0 Å². The van der Waals surface area contributed by atoms with Gasteiger partial charge in [-0.3, -0.25) is 4.79 Å². The lowest BCUT2D eigenvalue weighted by Crippen LogP contribution is -2.51. The van der Waals surface area contributed by atoms with E-state index in [2.05, 4.69) is 35.7 Å². The summed E-state index contributed by atoms with van der Waals surface area (Å²) in [7, 11) is 0. The van der Waals surface area contributed by atoms with Crippen molar-refractivity contribution in [3.63, 3.8) is 0 Å². The zero-order valence-electron chi connectivity index (χ0n) is 17.4. The maximum absolute atomic E-state index is 12.7. The summed E-state index contributed by atoms with van der Waals surface area (Å²) in [5.41, 5.74) is 6.86. The molecule has 1 unspecified atom stereocenters. The summed E-state index contributed by atoms with van der Waals surface area (Å²) < 4.78 is 0. The van der Waals surface area contributed by atoms with Gasteiger partial charge in [0.25, 0.3) is 0 Å². The number of hydrogen-bond donors (Lipinski definition) is 4. The van der Waals surface area contributed by atoms with E-state index in [4.69, 9.17) is 5.73 Å². The summed E-state index contributed by atoms with van der Waals surface area (Å²) in [6.07, 6.45) is 12.5. The number of carbonyl (C=O) groups excluding carboxylic acids is 1. The first-order valence-corrected chi connectivity index (χ1v) is 10.7. The number of hydrogen-bond acceptors (Lipinski definition) is 4. The molecule has 1 aromatic rings. The molecule has 1 aromatic heterocycles. The first-order chi connectivity index (χ1) is 13.4. The highest BCUT2D eigenvalue weighted by atomic mass is 16.3. The molecule has 2 rings (SSSR count). The highest BCUT2D eigenvalue weighted by Crippen LogP contribution is 2.29. The summed E-state index contributed by atoms with van der Waals surface area (Å²) in [6.45, 7) is 8.18. The average molecular weight is 391 g/mol. The largest absolute Gasteiger partial charge is 0.391 e. The van der Waals surface area contributed by atoms with Crippen molar-refractivity contribution in [2.75, 3.05) is 0 Å². The van der Waals surface area contributed by atoms with Crippen LogP contribution in [0.2, 0.25) is 0 Å². The Labute approximate surface area is 169 Å². The van der Waals surface area contributed by atoms with Crippen LogP contribution in [0.15, 0.2) is 25.2 Å². The minimum absolute atomic E-state index is 0.220. The molecule has 0 aliphatic heterocycles. The van der Waals surface area contributed by atoms with Crippen molar-refractivity contribution in [1.29, 1.82) is 0 Å². The molecule has 4 atom stereocenters. The van der Waals surface area contributed by atoms with Crippen molar-refractivity contribution in [3.8, 4) is 0 Å². The van der Waals surface area contributed by atoms with E-state index in [-0.39, 0.29) is 17.9 Å². The Balaban J connectivity index is 2.00. The topological polar surface area (TPSA) is 104 Å². The first kappa shape index (κ1) is 22.6. The number of nitrogens with zero attached hydrogens (tertiary/aromatic N) is 1. The van der Waals surface area contributed by atoms with Gasteiger partial charge in [-0.05, 0) is 30.6 Å². The first-order valence-electron chi connectivity index (χ1n) is 10.7. The highest BCUT2D eigenvalue weighted by molar-refractivity contribution is 5.82. The normalized spacial score (nSPS) is 19.8. The van der Waals surface area contributed by atoms with Gasteiger partial charge in [-0.25, -0.2) is 4.98 Å². The SMILES string of the molecule is C=C[C@@H](C[C@H](O)[C@H](CC1CCCCC1)NC(=O)C(N)Cc1c[nH]cn1)C(C)C. The molecule has 6 heteroatoms. The molecule has 0 spiro atoms. The third-order valence-corrected chi connectivity index (χ3v) is 6.10. The van der Waals surface area contributed by atoms with E-state index in [9.17, 15) is 9.90 Å². The third-order valence-electron chi connectivity index (χ3n) is 6.10. The number of aliphatic hydroxyl groups excluding tert-OH is 1. The van der Waals surface area contributed by atoms with E-state index < -0.39 is 12.1 Å². The van der Waals surface area contributed by atoms with Gasteiger partial charge in [0.15, 0.2) is 0 Å². The minimum atomic E-state index is -0.676. The van der Waals surface area contributed by atoms with Crippen LogP contribution in [0, 0.1) is 17.8 Å². The summed E-state index contributed by atoms with van der Waals surface area (Å²) in [6, 6.07) is -0.952. The molecule has 0 bridgehead atoms. The number of aromatic nitrogens is 2. The number of rotatable bonds is 11. The van der Waals surface area contributed by atoms with Crippen molar-refractivity contribution >= 4 is 5.91 Å². The molecule has 1 saturated carbocycles. The van der Waals surface area contributed by atoms with E-state index in [0.717, 1.165) is 12.1 Å². The maximum atomic E-state index is 12.7. The second-order valence-electron chi connectivity index (χ2n) is 8.67. The van der Waals surface area contributed by atoms with E-state index in [1.165, 1.54) is 32.1 Å². The molecule has 0 aromatic carbocycles. The Morgan fingerprint density at radius 3 is 2.71 bits per heavy atom. The Hall–Kier alpha value is -1.66. The van der Waals surface area contributed by atoms with Crippen LogP contribution < -0.4 is 11.1 Å². The summed E-state index contributed by atoms with van der Waals surface area (Å²) in [5, 5.41) is 14.0. The Kier molecular flexibility index (Phi) is 9.19. The molecule has 0 saturated heterocycles. The molecule has 1 fully saturated rings. The van der Waals surface area contributed by atoms with Crippen molar-refractivity contribution < 1.29 is 9.90 Å². The number of carbonyl (C=O) groups is 1. The van der Waals surface area contributed by atoms with Gasteiger partial charge in [-0.15, -0.1) is 6.58 Å². The number of imidazole rings is 1. The lowest BCUT2D eigenvalue weighted by molar-refractivity contribution is -0.124. The molecule has 1 aliphatic rings. The molecular formula is C22H38N4O2. The van der Waals surface area contributed by atoms with Crippen molar-refractivity contribution in [2.45, 2.75) is 83.4 Å². The fourth-order valence-electron chi connectivity index (χ4n) is 4.19. The molecule has 0 radical (unpaired) electrons. The molecule has 6 nitrogen and oxygen atoms in total. The fourth-order valence-corrected chi connectivity index (χ4v) is 4.19. The highest BCUT2D eigenvalue weighted by Gasteiger charge is 2.29. The number of aliphatic hydroxyl groups is 1. The van der Waals surface area contributed by atoms with Gasteiger partial charge in [-0.1, -0.05) is 52.0 Å². The smallest absolute Gasteiger partial charge is 0.237 e. The van der Waals surface area contributed by atoms with Gasteiger partial charge < -0.3 is 21.1 Å². The van der Waals surface area contributed by atoms with Crippen LogP contribution in [0.3, 0.4) is 0 Å². The molecule has 1 amide bonds. The molecule has 1 heterocycles. The predicted molar refractivity (Wildman–Crippen MR) is 113 cm³/mol. The van der Waals surface area contributed by atoms with Crippen molar-refractivity contribution in [1.82, 2.24) is 15.3 Å². The second kappa shape index (κ2) is 11.4. The zero-order valence-corrected chi connectivity index (χ0v) is 17.4. The minimum Gasteiger partial charge on any atom is -0.391 e. The van der Waals surface area contributed by atoms with Crippen LogP contribution in [0.1, 0.15) is 64.5 Å².